The summed E-state index contributed by atoms with van der Waals surface area (Å²) >= 11 is 0. The summed E-state index contributed by atoms with van der Waals surface area (Å²) in [7, 11) is 1.88. The Bertz CT molecular complexity index is 509. The zero-order valence-corrected chi connectivity index (χ0v) is 10.2. The molecule has 0 bridgehead atoms. The van der Waals surface area contributed by atoms with Gasteiger partial charge in [-0.2, -0.15) is 5.10 Å². The van der Waals surface area contributed by atoms with Crippen molar-refractivity contribution in [1.82, 2.24) is 19.7 Å². The number of anilines is 1. The van der Waals surface area contributed by atoms with Crippen LogP contribution in [-0.2, 0) is 13.5 Å². The van der Waals surface area contributed by atoms with Crippen molar-refractivity contribution in [2.75, 3.05) is 5.43 Å². The number of rotatable bonds is 3. The lowest BCUT2D eigenvalue weighted by molar-refractivity contribution is 0.756. The van der Waals surface area contributed by atoms with Crippen molar-refractivity contribution in [3.63, 3.8) is 0 Å². The van der Waals surface area contributed by atoms with Crippen molar-refractivity contribution in [3.8, 4) is 11.4 Å². The molecule has 17 heavy (non-hydrogen) atoms. The van der Waals surface area contributed by atoms with Crippen LogP contribution >= 0.6 is 0 Å². The molecule has 3 N–H and O–H groups in total. The first-order valence-corrected chi connectivity index (χ1v) is 5.49. The van der Waals surface area contributed by atoms with Crippen LogP contribution in [0.5, 0.6) is 0 Å². The lowest BCUT2D eigenvalue weighted by Crippen LogP contribution is -2.10. The molecule has 2 aromatic rings. The Labute approximate surface area is 99.9 Å². The van der Waals surface area contributed by atoms with E-state index in [1.165, 1.54) is 0 Å². The first-order valence-electron chi connectivity index (χ1n) is 5.49. The van der Waals surface area contributed by atoms with Crippen molar-refractivity contribution >= 4 is 5.82 Å². The topological polar surface area (TPSA) is 81.6 Å². The minimum Gasteiger partial charge on any atom is -0.308 e. The molecule has 0 aliphatic heterocycles. The third-order valence-electron chi connectivity index (χ3n) is 2.54. The fourth-order valence-corrected chi connectivity index (χ4v) is 1.69. The smallest absolute Gasteiger partial charge is 0.165 e. The number of hydrogen-bond acceptors (Lipinski definition) is 5. The molecule has 2 aromatic heterocycles. The summed E-state index contributed by atoms with van der Waals surface area (Å²) in [6.07, 6.45) is 2.74. The molecular formula is C11H16N6. The maximum atomic E-state index is 5.40. The highest BCUT2D eigenvalue weighted by molar-refractivity contribution is 5.59. The van der Waals surface area contributed by atoms with E-state index in [1.807, 2.05) is 33.2 Å². The summed E-state index contributed by atoms with van der Waals surface area (Å²) in [6.45, 7) is 3.98. The van der Waals surface area contributed by atoms with E-state index in [0.717, 1.165) is 23.4 Å². The van der Waals surface area contributed by atoms with Crippen LogP contribution in [0.15, 0.2) is 12.3 Å². The predicted molar refractivity (Wildman–Crippen MR) is 66.2 cm³/mol. The van der Waals surface area contributed by atoms with Crippen LogP contribution in [0.2, 0.25) is 0 Å². The highest BCUT2D eigenvalue weighted by atomic mass is 15.3. The number of nitrogens with one attached hydrogen (secondary N) is 1. The van der Waals surface area contributed by atoms with Crippen molar-refractivity contribution in [3.05, 3.63) is 23.7 Å². The van der Waals surface area contributed by atoms with Crippen LogP contribution in [0, 0.1) is 6.92 Å². The van der Waals surface area contributed by atoms with Gasteiger partial charge in [-0.15, -0.1) is 0 Å². The number of nitrogen functional groups attached to an aromatic ring is 1. The first kappa shape index (κ1) is 11.5. The van der Waals surface area contributed by atoms with Gasteiger partial charge in [0.15, 0.2) is 5.82 Å². The fraction of sp³-hybridized carbons (Fsp3) is 0.364. The first-order chi connectivity index (χ1) is 8.13. The Balaban J connectivity index is 2.54. The van der Waals surface area contributed by atoms with E-state index in [4.69, 9.17) is 5.84 Å². The SMILES string of the molecule is CCc1cc(NN)nc(-c2cn(C)nc2C)n1. The van der Waals surface area contributed by atoms with Gasteiger partial charge >= 0.3 is 0 Å². The summed E-state index contributed by atoms with van der Waals surface area (Å²) in [5.41, 5.74) is 5.35. The lowest BCUT2D eigenvalue weighted by Gasteiger charge is -2.05. The Hall–Kier alpha value is -1.95. The standard InChI is InChI=1S/C11H16N6/c1-4-8-5-10(15-12)14-11(13-8)9-6-17(3)16-7(9)2/h5-6H,4,12H2,1-3H3,(H,13,14,15). The number of nitrogens with zero attached hydrogens (tertiary/aromatic N) is 4. The highest BCUT2D eigenvalue weighted by Crippen LogP contribution is 2.20. The maximum absolute atomic E-state index is 5.40. The van der Waals surface area contributed by atoms with Crippen LogP contribution in [-0.4, -0.2) is 19.7 Å². The quantitative estimate of drug-likeness (QED) is 0.610. The van der Waals surface area contributed by atoms with Gasteiger partial charge in [0, 0.05) is 25.0 Å². The molecule has 0 radical (unpaired) electrons. The largest absolute Gasteiger partial charge is 0.308 e. The molecule has 0 aromatic carbocycles. The van der Waals surface area contributed by atoms with Gasteiger partial charge < -0.3 is 5.43 Å². The fourth-order valence-electron chi connectivity index (χ4n) is 1.69. The van der Waals surface area contributed by atoms with Crippen molar-refractivity contribution < 1.29 is 0 Å². The molecule has 6 nitrogen and oxygen atoms in total. The zero-order chi connectivity index (χ0) is 12.4. The molecule has 0 atom stereocenters. The number of hydrazine groups is 1. The van der Waals surface area contributed by atoms with E-state index in [0.29, 0.717) is 11.6 Å². The van der Waals surface area contributed by atoms with Crippen LogP contribution in [0.25, 0.3) is 11.4 Å². The molecule has 2 heterocycles. The van der Waals surface area contributed by atoms with E-state index < -0.39 is 0 Å². The molecule has 0 saturated carbocycles. The second kappa shape index (κ2) is 4.50. The van der Waals surface area contributed by atoms with Gasteiger partial charge in [-0.1, -0.05) is 6.92 Å². The third kappa shape index (κ3) is 2.26. The Morgan fingerprint density at radius 3 is 2.71 bits per heavy atom. The van der Waals surface area contributed by atoms with Crippen molar-refractivity contribution in [2.45, 2.75) is 20.3 Å². The Morgan fingerprint density at radius 1 is 1.41 bits per heavy atom. The van der Waals surface area contributed by atoms with Gasteiger partial charge in [0.2, 0.25) is 0 Å². The molecule has 0 aliphatic rings. The van der Waals surface area contributed by atoms with Crippen molar-refractivity contribution in [1.29, 1.82) is 0 Å². The molecule has 0 spiro atoms. The van der Waals surface area contributed by atoms with Gasteiger partial charge in [0.1, 0.15) is 5.82 Å². The monoisotopic (exact) mass is 232 g/mol. The molecule has 0 saturated heterocycles. The molecule has 0 amide bonds. The third-order valence-corrected chi connectivity index (χ3v) is 2.54. The summed E-state index contributed by atoms with van der Waals surface area (Å²) in [6, 6.07) is 1.84. The van der Waals surface area contributed by atoms with E-state index in [2.05, 4.69) is 20.5 Å². The molecule has 90 valence electrons. The average Bonchev–Trinajstić information content (AvgIpc) is 2.67. The molecule has 2 rings (SSSR count). The highest BCUT2D eigenvalue weighted by Gasteiger charge is 2.11. The van der Waals surface area contributed by atoms with Crippen LogP contribution in [0.4, 0.5) is 5.82 Å². The van der Waals surface area contributed by atoms with E-state index in [-0.39, 0.29) is 0 Å². The second-order valence-corrected chi connectivity index (χ2v) is 3.87. The van der Waals surface area contributed by atoms with Crippen LogP contribution in [0.1, 0.15) is 18.3 Å². The number of aromatic nitrogens is 4. The van der Waals surface area contributed by atoms with Gasteiger partial charge in [0.05, 0.1) is 11.3 Å². The minimum atomic E-state index is 0.620. The summed E-state index contributed by atoms with van der Waals surface area (Å²) in [5, 5.41) is 4.28. The zero-order valence-electron chi connectivity index (χ0n) is 10.2. The van der Waals surface area contributed by atoms with Gasteiger partial charge in [-0.25, -0.2) is 15.8 Å². The average molecular weight is 232 g/mol. The van der Waals surface area contributed by atoms with Gasteiger partial charge in [-0.05, 0) is 13.3 Å². The Kier molecular flexibility index (Phi) is 3.06. The summed E-state index contributed by atoms with van der Waals surface area (Å²) in [5.74, 6) is 6.68. The molecule has 0 aliphatic carbocycles. The van der Waals surface area contributed by atoms with E-state index >= 15 is 0 Å². The van der Waals surface area contributed by atoms with E-state index in [1.54, 1.807) is 4.68 Å². The molecular weight excluding hydrogens is 216 g/mol. The normalized spacial score (nSPS) is 10.6. The minimum absolute atomic E-state index is 0.620. The number of hydrogen-bond donors (Lipinski definition) is 2. The number of aryl methyl sites for hydroxylation is 3. The number of nitrogens with two attached hydrogens (primary N) is 1. The molecule has 6 heteroatoms. The summed E-state index contributed by atoms with van der Waals surface area (Å²) in [4.78, 5) is 8.83. The Morgan fingerprint density at radius 2 is 2.18 bits per heavy atom. The van der Waals surface area contributed by atoms with Crippen molar-refractivity contribution in [2.24, 2.45) is 12.9 Å². The molecule has 0 fully saturated rings. The van der Waals surface area contributed by atoms with Crippen LogP contribution < -0.4 is 11.3 Å². The molecule has 0 unspecified atom stereocenters. The van der Waals surface area contributed by atoms with Crippen LogP contribution in [0.3, 0.4) is 0 Å². The summed E-state index contributed by atoms with van der Waals surface area (Å²) < 4.78 is 1.75. The van der Waals surface area contributed by atoms with Gasteiger partial charge in [-0.3, -0.25) is 4.68 Å². The van der Waals surface area contributed by atoms with E-state index in [9.17, 15) is 0 Å². The maximum Gasteiger partial charge on any atom is 0.165 e. The lowest BCUT2D eigenvalue weighted by atomic mass is 10.2. The van der Waals surface area contributed by atoms with Gasteiger partial charge in [0.25, 0.3) is 0 Å². The predicted octanol–water partition coefficient (Wildman–Crippen LogP) is 1.03. The second-order valence-electron chi connectivity index (χ2n) is 3.87.